The van der Waals surface area contributed by atoms with Gasteiger partial charge in [-0.1, -0.05) is 57.2 Å². The second-order valence-electron chi connectivity index (χ2n) is 19.1. The zero-order valence-corrected chi connectivity index (χ0v) is 41.2. The van der Waals surface area contributed by atoms with Crippen molar-refractivity contribution in [3.8, 4) is 10.4 Å². The lowest BCUT2D eigenvalue weighted by molar-refractivity contribution is -0.145. The zero-order chi connectivity index (χ0) is 47.9. The number of likely N-dealkylation sites (tertiary alicyclic amines) is 1. The second-order valence-corrected chi connectivity index (χ2v) is 21.2. The Labute approximate surface area is 399 Å². The van der Waals surface area contributed by atoms with Gasteiger partial charge in [-0.25, -0.2) is 4.98 Å². The maximum absolute atomic E-state index is 14.3. The number of ether oxygens (including phenoxy) is 2. The van der Waals surface area contributed by atoms with Crippen molar-refractivity contribution in [3.05, 3.63) is 91.7 Å². The first-order chi connectivity index (χ1) is 31.9. The molecule has 2 saturated heterocycles. The molecule has 1 unspecified atom stereocenters. The number of aromatic nitrogens is 1. The molecular weight excluding hydrogens is 889 g/mol. The van der Waals surface area contributed by atoms with Gasteiger partial charge in [0.2, 0.25) is 17.7 Å². The van der Waals surface area contributed by atoms with Crippen LogP contribution in [0.5, 0.6) is 0 Å². The molecule has 3 amide bonds. The summed E-state index contributed by atoms with van der Waals surface area (Å²) in [4.78, 5) is 70.7. The summed E-state index contributed by atoms with van der Waals surface area (Å²) in [5.41, 5.74) is 10.6. The molecule has 0 aliphatic carbocycles. The van der Waals surface area contributed by atoms with Gasteiger partial charge in [-0.3, -0.25) is 24.2 Å². The van der Waals surface area contributed by atoms with Crippen LogP contribution in [-0.2, 0) is 28.7 Å². The fraction of sp³-hybridized carbons (Fsp3) is 0.480. The molecule has 2 aromatic carbocycles. The van der Waals surface area contributed by atoms with Crippen LogP contribution < -0.4 is 15.5 Å². The number of hydrogen-bond acceptors (Lipinski definition) is 14. The smallest absolute Gasteiger partial charge is 0.308 e. The highest BCUT2D eigenvalue weighted by Crippen LogP contribution is 2.42. The molecule has 4 aromatic rings. The van der Waals surface area contributed by atoms with E-state index in [0.717, 1.165) is 72.6 Å². The molecule has 15 nitrogen and oxygen atoms in total. The molecule has 4 aliphatic heterocycles. The maximum atomic E-state index is 14.3. The summed E-state index contributed by atoms with van der Waals surface area (Å²) in [5, 5.41) is 25.6. The molecule has 0 bridgehead atoms. The summed E-state index contributed by atoms with van der Waals surface area (Å²) in [6, 6.07) is 13.5. The molecule has 17 heteroatoms. The third kappa shape index (κ3) is 10.0. The van der Waals surface area contributed by atoms with Crippen molar-refractivity contribution >= 4 is 69.2 Å². The number of amides is 3. The average Bonchev–Trinajstić information content (AvgIpc) is 4.15. The van der Waals surface area contributed by atoms with E-state index in [1.54, 1.807) is 22.7 Å². The van der Waals surface area contributed by atoms with E-state index in [1.807, 2.05) is 71.3 Å². The SMILES string of the molecule is COC(=O)C[C@@H]1N=C(c2ccc(N3CC[C@H](OCC(=O)N[C@H](C(=O)N4C[C@H](O)C[C@H]4C(=O)N[C@@H](C)c4ccc(-c5scnc5C)cc4)C(C)(C)C)C3)cc2)c2c(sc(C)c2C)C2C(C)=NN=C21. The van der Waals surface area contributed by atoms with Crippen molar-refractivity contribution < 1.29 is 33.8 Å². The number of esters is 1. The van der Waals surface area contributed by atoms with E-state index < -0.39 is 41.5 Å². The number of rotatable bonds is 13. The van der Waals surface area contributed by atoms with Crippen LogP contribution in [-0.4, -0.2) is 120 Å². The van der Waals surface area contributed by atoms with Gasteiger partial charge in [0.1, 0.15) is 24.7 Å². The molecule has 354 valence electrons. The number of aliphatic imine (C=N–C) groups is 1. The van der Waals surface area contributed by atoms with Gasteiger partial charge < -0.3 is 35.0 Å². The van der Waals surface area contributed by atoms with Gasteiger partial charge in [0.05, 0.1) is 70.9 Å². The Kier molecular flexibility index (Phi) is 14.0. The van der Waals surface area contributed by atoms with Crippen LogP contribution in [0, 0.1) is 26.2 Å². The molecule has 2 aromatic heterocycles. The Balaban J connectivity index is 0.882. The lowest BCUT2D eigenvalue weighted by atomic mass is 9.85. The summed E-state index contributed by atoms with van der Waals surface area (Å²) in [6.45, 7) is 16.7. The fourth-order valence-electron chi connectivity index (χ4n) is 9.44. The number of carbonyl (C=O) groups excluding carboxylic acids is 4. The van der Waals surface area contributed by atoms with Crippen LogP contribution in [0.25, 0.3) is 10.4 Å². The summed E-state index contributed by atoms with van der Waals surface area (Å²) >= 11 is 3.30. The largest absolute Gasteiger partial charge is 0.469 e. The predicted octanol–water partition coefficient (Wildman–Crippen LogP) is 6.46. The molecule has 4 aliphatic rings. The number of aryl methyl sites for hydroxylation is 2. The van der Waals surface area contributed by atoms with Gasteiger partial charge in [-0.2, -0.15) is 10.2 Å². The van der Waals surface area contributed by atoms with E-state index in [9.17, 15) is 24.3 Å². The first-order valence-electron chi connectivity index (χ1n) is 22.8. The Bertz CT molecular complexity index is 2630. The number of aliphatic hydroxyl groups is 1. The van der Waals surface area contributed by atoms with Crippen molar-refractivity contribution in [3.63, 3.8) is 0 Å². The maximum Gasteiger partial charge on any atom is 0.308 e. The summed E-state index contributed by atoms with van der Waals surface area (Å²) < 4.78 is 11.2. The highest BCUT2D eigenvalue weighted by molar-refractivity contribution is 7.13. The number of methoxy groups -OCH3 is 1. The second kappa shape index (κ2) is 19.5. The number of hydrogen-bond donors (Lipinski definition) is 3. The first kappa shape index (κ1) is 47.9. The van der Waals surface area contributed by atoms with Crippen LogP contribution >= 0.6 is 22.7 Å². The zero-order valence-electron chi connectivity index (χ0n) is 39.6. The number of nitrogens with one attached hydrogen (secondary N) is 2. The lowest BCUT2D eigenvalue weighted by Gasteiger charge is -2.35. The molecule has 0 saturated carbocycles. The third-order valence-corrected chi connectivity index (χ3v) is 15.6. The topological polar surface area (TPSA) is 187 Å². The van der Waals surface area contributed by atoms with Crippen LogP contribution in [0.1, 0.15) is 104 Å². The molecule has 8 rings (SSSR count). The quantitative estimate of drug-likeness (QED) is 0.127. The van der Waals surface area contributed by atoms with E-state index in [-0.39, 0.29) is 55.9 Å². The van der Waals surface area contributed by atoms with Crippen molar-refractivity contribution in [2.24, 2.45) is 20.6 Å². The van der Waals surface area contributed by atoms with E-state index in [4.69, 9.17) is 14.5 Å². The van der Waals surface area contributed by atoms with Gasteiger partial charge >= 0.3 is 5.97 Å². The number of carbonyl (C=O) groups is 4. The van der Waals surface area contributed by atoms with E-state index in [0.29, 0.717) is 13.0 Å². The minimum Gasteiger partial charge on any atom is -0.469 e. The van der Waals surface area contributed by atoms with E-state index >= 15 is 0 Å². The lowest BCUT2D eigenvalue weighted by Crippen LogP contribution is -2.58. The Morgan fingerprint density at radius 2 is 1.67 bits per heavy atom. The fourth-order valence-corrected chi connectivity index (χ4v) is 11.6. The molecule has 0 radical (unpaired) electrons. The standard InChI is InChI=1S/C50H60N8O7S2/c1-26-30(5)67-46-41(26)43(53-37(21-40(61)64-9)44-42(46)28(3)55-56-44)32-14-16-34(17-15-32)57-19-18-36(23-57)65-24-39(60)54-47(50(6,7)8)49(63)58-22-35(59)20-38(58)48(62)52-27(2)31-10-12-33(13-11-31)45-29(4)51-25-66-45/h10-17,25,27,35-38,42,47,59H,18-24H2,1-9H3,(H,52,62)(H,54,60)/t27-,35+,36-,37-,38-,42?,47+/m0/s1. The van der Waals surface area contributed by atoms with Crippen molar-refractivity contribution in [1.82, 2.24) is 20.5 Å². The summed E-state index contributed by atoms with van der Waals surface area (Å²) in [6.07, 6.45) is -0.241. The summed E-state index contributed by atoms with van der Waals surface area (Å²) in [5.74, 6) is -1.73. The Hall–Kier alpha value is -5.62. The van der Waals surface area contributed by atoms with Gasteiger partial charge in [-0.15, -0.1) is 22.7 Å². The van der Waals surface area contributed by atoms with Crippen LogP contribution in [0.2, 0.25) is 0 Å². The van der Waals surface area contributed by atoms with Gasteiger partial charge in [0.15, 0.2) is 0 Å². The average molecular weight is 949 g/mol. The molecule has 67 heavy (non-hydrogen) atoms. The molecular formula is C50H60N8O7S2. The molecule has 7 atom stereocenters. The number of fused-ring (bicyclic) bond motifs is 3. The Morgan fingerprint density at radius 1 is 0.955 bits per heavy atom. The normalized spacial score (nSPS) is 22.2. The van der Waals surface area contributed by atoms with Crippen LogP contribution in [0.4, 0.5) is 5.69 Å². The monoisotopic (exact) mass is 948 g/mol. The summed E-state index contributed by atoms with van der Waals surface area (Å²) in [7, 11) is 1.38. The minimum absolute atomic E-state index is 0.0182. The molecule has 6 heterocycles. The molecule has 3 N–H and O–H groups in total. The molecule has 0 spiro atoms. The van der Waals surface area contributed by atoms with Crippen molar-refractivity contribution in [2.75, 3.05) is 38.3 Å². The van der Waals surface area contributed by atoms with Gasteiger partial charge in [-0.05, 0) is 75.3 Å². The highest BCUT2D eigenvalue weighted by atomic mass is 32.1. The van der Waals surface area contributed by atoms with Gasteiger partial charge in [0.25, 0.3) is 0 Å². The number of thiophene rings is 1. The third-order valence-electron chi connectivity index (χ3n) is 13.3. The van der Waals surface area contributed by atoms with Gasteiger partial charge in [0, 0.05) is 52.6 Å². The number of anilines is 1. The number of nitrogens with zero attached hydrogens (tertiary/aromatic N) is 6. The molecule has 2 fully saturated rings. The number of benzene rings is 2. The number of thiazole rings is 1. The van der Waals surface area contributed by atoms with Crippen LogP contribution in [0.15, 0.2) is 69.2 Å². The highest BCUT2D eigenvalue weighted by Gasteiger charge is 2.45. The van der Waals surface area contributed by atoms with E-state index in [1.165, 1.54) is 16.9 Å². The van der Waals surface area contributed by atoms with Crippen molar-refractivity contribution in [1.29, 1.82) is 0 Å². The number of aliphatic hydroxyl groups excluding tert-OH is 1. The number of β-amino-alcohol motifs (C(OH)–C–C–N with tert-alkyl or cyclic N) is 1. The minimum atomic E-state index is -0.973. The predicted molar refractivity (Wildman–Crippen MR) is 263 cm³/mol. The van der Waals surface area contributed by atoms with E-state index in [2.05, 4.69) is 68.8 Å². The van der Waals surface area contributed by atoms with Crippen molar-refractivity contribution in [2.45, 2.75) is 117 Å². The first-order valence-corrected chi connectivity index (χ1v) is 24.5. The van der Waals surface area contributed by atoms with Crippen LogP contribution in [0.3, 0.4) is 0 Å². The Morgan fingerprint density at radius 3 is 2.34 bits per heavy atom.